The molecule has 1 saturated heterocycles. The van der Waals surface area contributed by atoms with E-state index in [1.54, 1.807) is 25.3 Å². The summed E-state index contributed by atoms with van der Waals surface area (Å²) in [7, 11) is -1.47. The van der Waals surface area contributed by atoms with Crippen LogP contribution in [0.5, 0.6) is 0 Å². The van der Waals surface area contributed by atoms with Crippen LogP contribution in [0.15, 0.2) is 22.5 Å². The number of sulfonamides is 1. The van der Waals surface area contributed by atoms with Gasteiger partial charge in [-0.05, 0) is 57.6 Å². The lowest BCUT2D eigenvalue weighted by Gasteiger charge is -2.25. The Balaban J connectivity index is 0.00000420. The molecule has 10 heteroatoms. The van der Waals surface area contributed by atoms with E-state index in [1.165, 1.54) is 22.0 Å². The highest BCUT2D eigenvalue weighted by Crippen LogP contribution is 2.28. The molecule has 1 aromatic heterocycles. The second kappa shape index (κ2) is 13.8. The van der Waals surface area contributed by atoms with Crippen LogP contribution in [-0.4, -0.2) is 75.7 Å². The Morgan fingerprint density at radius 3 is 2.62 bits per heavy atom. The second-order valence-corrected chi connectivity index (χ2v) is 10.3. The SMILES string of the molecule is CCNC(=NCC(c1cccs1)N1CCCC1)NCCCN(C)S(=O)(=O)CC.I. The Labute approximate surface area is 197 Å². The molecule has 1 unspecified atom stereocenters. The number of thiophene rings is 1. The van der Waals surface area contributed by atoms with E-state index in [-0.39, 0.29) is 29.7 Å². The molecule has 1 aliphatic rings. The average molecular weight is 558 g/mol. The molecule has 2 rings (SSSR count). The van der Waals surface area contributed by atoms with E-state index >= 15 is 0 Å². The lowest BCUT2D eigenvalue weighted by atomic mass is 10.2. The van der Waals surface area contributed by atoms with E-state index in [2.05, 4.69) is 40.0 Å². The molecular formula is C19H36IN5O2S2. The summed E-state index contributed by atoms with van der Waals surface area (Å²) >= 11 is 1.80. The molecule has 2 heterocycles. The van der Waals surface area contributed by atoms with Gasteiger partial charge < -0.3 is 10.6 Å². The minimum absolute atomic E-state index is 0. The van der Waals surface area contributed by atoms with Crippen molar-refractivity contribution >= 4 is 51.3 Å². The highest BCUT2D eigenvalue weighted by molar-refractivity contribution is 14.0. The molecule has 0 aliphatic carbocycles. The number of guanidine groups is 1. The average Bonchev–Trinajstić information content (AvgIpc) is 3.39. The molecule has 0 aromatic carbocycles. The van der Waals surface area contributed by atoms with Gasteiger partial charge in [-0.25, -0.2) is 12.7 Å². The van der Waals surface area contributed by atoms with Crippen LogP contribution < -0.4 is 10.6 Å². The Morgan fingerprint density at radius 1 is 1.31 bits per heavy atom. The predicted molar refractivity (Wildman–Crippen MR) is 134 cm³/mol. The normalized spacial score (nSPS) is 16.6. The van der Waals surface area contributed by atoms with Gasteiger partial charge in [0, 0.05) is 31.6 Å². The largest absolute Gasteiger partial charge is 0.357 e. The van der Waals surface area contributed by atoms with Gasteiger partial charge >= 0.3 is 0 Å². The highest BCUT2D eigenvalue weighted by Gasteiger charge is 2.24. The number of likely N-dealkylation sites (tertiary alicyclic amines) is 1. The van der Waals surface area contributed by atoms with E-state index < -0.39 is 10.0 Å². The maximum atomic E-state index is 11.8. The van der Waals surface area contributed by atoms with Gasteiger partial charge in [0.1, 0.15) is 0 Å². The maximum absolute atomic E-state index is 11.8. The standard InChI is InChI=1S/C19H35N5O2S2.HI/c1-4-20-19(21-11-9-12-23(3)28(25,26)5-2)22-16-17(18-10-8-15-27-18)24-13-6-7-14-24;/h8,10,15,17H,4-7,9,11-14,16H2,1-3H3,(H2,20,21,22);1H. The Hall–Kier alpha value is -0.430. The van der Waals surface area contributed by atoms with Crippen LogP contribution in [0, 0.1) is 0 Å². The molecule has 1 aliphatic heterocycles. The molecule has 2 N–H and O–H groups in total. The van der Waals surface area contributed by atoms with Crippen molar-refractivity contribution in [1.82, 2.24) is 19.8 Å². The minimum Gasteiger partial charge on any atom is -0.357 e. The van der Waals surface area contributed by atoms with Crippen LogP contribution in [0.3, 0.4) is 0 Å². The van der Waals surface area contributed by atoms with E-state index in [0.717, 1.165) is 38.6 Å². The molecule has 0 amide bonds. The Morgan fingerprint density at radius 2 is 2.03 bits per heavy atom. The molecule has 0 radical (unpaired) electrons. The summed E-state index contributed by atoms with van der Waals surface area (Å²) < 4.78 is 25.1. The van der Waals surface area contributed by atoms with Crippen LogP contribution in [-0.2, 0) is 10.0 Å². The smallest absolute Gasteiger partial charge is 0.213 e. The monoisotopic (exact) mass is 557 g/mol. The molecular weight excluding hydrogens is 521 g/mol. The Bertz CT molecular complexity index is 691. The van der Waals surface area contributed by atoms with Gasteiger partial charge in [-0.1, -0.05) is 6.07 Å². The van der Waals surface area contributed by atoms with Crippen LogP contribution in [0.25, 0.3) is 0 Å². The number of halogens is 1. The third kappa shape index (κ3) is 8.68. The highest BCUT2D eigenvalue weighted by atomic mass is 127. The topological polar surface area (TPSA) is 77.0 Å². The van der Waals surface area contributed by atoms with Crippen LogP contribution in [0.4, 0.5) is 0 Å². The summed E-state index contributed by atoms with van der Waals surface area (Å²) in [6.45, 7) is 8.71. The first-order valence-electron chi connectivity index (χ1n) is 10.2. The van der Waals surface area contributed by atoms with Crippen molar-refractivity contribution in [1.29, 1.82) is 0 Å². The van der Waals surface area contributed by atoms with Gasteiger partial charge in [-0.2, -0.15) is 0 Å². The van der Waals surface area contributed by atoms with E-state index in [4.69, 9.17) is 4.99 Å². The van der Waals surface area contributed by atoms with Crippen molar-refractivity contribution in [2.45, 2.75) is 39.2 Å². The molecule has 1 atom stereocenters. The van der Waals surface area contributed by atoms with Crippen molar-refractivity contribution in [3.63, 3.8) is 0 Å². The number of aliphatic imine (C=N–C) groups is 1. The van der Waals surface area contributed by atoms with Crippen molar-refractivity contribution in [2.75, 3.05) is 52.1 Å². The van der Waals surface area contributed by atoms with Gasteiger partial charge in [0.05, 0.1) is 18.3 Å². The van der Waals surface area contributed by atoms with E-state index in [0.29, 0.717) is 19.1 Å². The maximum Gasteiger partial charge on any atom is 0.213 e. The molecule has 7 nitrogen and oxygen atoms in total. The number of hydrogen-bond donors (Lipinski definition) is 2. The summed E-state index contributed by atoms with van der Waals surface area (Å²) in [5.74, 6) is 0.936. The van der Waals surface area contributed by atoms with Crippen molar-refractivity contribution in [2.24, 2.45) is 4.99 Å². The fourth-order valence-electron chi connectivity index (χ4n) is 3.31. The molecule has 0 bridgehead atoms. The molecule has 0 saturated carbocycles. The minimum atomic E-state index is -3.11. The quantitative estimate of drug-likeness (QED) is 0.190. The van der Waals surface area contributed by atoms with Gasteiger partial charge in [0.25, 0.3) is 0 Å². The zero-order chi connectivity index (χ0) is 20.4. The van der Waals surface area contributed by atoms with Crippen molar-refractivity contribution in [3.05, 3.63) is 22.4 Å². The zero-order valence-corrected chi connectivity index (χ0v) is 21.7. The number of rotatable bonds is 11. The summed E-state index contributed by atoms with van der Waals surface area (Å²) in [6, 6.07) is 4.64. The van der Waals surface area contributed by atoms with Gasteiger partial charge in [0.15, 0.2) is 5.96 Å². The van der Waals surface area contributed by atoms with E-state index in [1.807, 2.05) is 0 Å². The lowest BCUT2D eigenvalue weighted by Crippen LogP contribution is -2.40. The first-order valence-corrected chi connectivity index (χ1v) is 12.7. The molecule has 1 fully saturated rings. The molecule has 168 valence electrons. The van der Waals surface area contributed by atoms with Crippen molar-refractivity contribution < 1.29 is 8.42 Å². The zero-order valence-electron chi connectivity index (χ0n) is 17.8. The number of nitrogens with zero attached hydrogens (tertiary/aromatic N) is 3. The van der Waals surface area contributed by atoms with E-state index in [9.17, 15) is 8.42 Å². The summed E-state index contributed by atoms with van der Waals surface area (Å²) in [6.07, 6.45) is 3.26. The lowest BCUT2D eigenvalue weighted by molar-refractivity contribution is 0.255. The van der Waals surface area contributed by atoms with Crippen LogP contribution in [0.1, 0.15) is 44.0 Å². The number of hydrogen-bond acceptors (Lipinski definition) is 5. The molecule has 1 aromatic rings. The second-order valence-electron chi connectivity index (χ2n) is 7.00. The van der Waals surface area contributed by atoms with Crippen LogP contribution in [0.2, 0.25) is 0 Å². The molecule has 0 spiro atoms. The molecule has 29 heavy (non-hydrogen) atoms. The van der Waals surface area contributed by atoms with Gasteiger partial charge in [-0.15, -0.1) is 35.3 Å². The van der Waals surface area contributed by atoms with Gasteiger partial charge in [0.2, 0.25) is 10.0 Å². The fraction of sp³-hybridized carbons (Fsp3) is 0.737. The third-order valence-electron chi connectivity index (χ3n) is 5.00. The summed E-state index contributed by atoms with van der Waals surface area (Å²) in [4.78, 5) is 8.72. The fourth-order valence-corrected chi connectivity index (χ4v) is 5.01. The third-order valence-corrected chi connectivity index (χ3v) is 7.84. The van der Waals surface area contributed by atoms with Gasteiger partial charge in [-0.3, -0.25) is 9.89 Å². The van der Waals surface area contributed by atoms with Crippen molar-refractivity contribution in [3.8, 4) is 0 Å². The van der Waals surface area contributed by atoms with Crippen LogP contribution >= 0.6 is 35.3 Å². The summed E-state index contributed by atoms with van der Waals surface area (Å²) in [5.41, 5.74) is 0. The predicted octanol–water partition coefficient (Wildman–Crippen LogP) is 2.73. The Kier molecular flexibility index (Phi) is 12.7. The number of nitrogens with one attached hydrogen (secondary N) is 2. The first kappa shape index (κ1) is 26.6. The first-order chi connectivity index (χ1) is 13.5. The summed E-state index contributed by atoms with van der Waals surface area (Å²) in [5, 5.41) is 8.77.